The van der Waals surface area contributed by atoms with E-state index in [9.17, 15) is 18.0 Å². The first kappa shape index (κ1) is 13.7. The Balaban J connectivity index is 2.12. The number of pyridine rings is 1. The highest BCUT2D eigenvalue weighted by Gasteiger charge is 2.33. The van der Waals surface area contributed by atoms with Crippen LogP contribution in [-0.2, 0) is 19.6 Å². The van der Waals surface area contributed by atoms with E-state index < -0.39 is 21.8 Å². The number of fused-ring (bicyclic) bond motifs is 1. The van der Waals surface area contributed by atoms with Crippen LogP contribution in [0.4, 0.5) is 0 Å². The van der Waals surface area contributed by atoms with Crippen molar-refractivity contribution in [3.05, 3.63) is 36.5 Å². The number of hydrogen-bond donors (Lipinski definition) is 1. The van der Waals surface area contributed by atoms with Gasteiger partial charge in [-0.1, -0.05) is 6.07 Å². The Hall–Kier alpha value is -2.32. The summed E-state index contributed by atoms with van der Waals surface area (Å²) in [5.41, 5.74) is 0.534. The lowest BCUT2D eigenvalue weighted by Crippen LogP contribution is -2.53. The highest BCUT2D eigenvalue weighted by molar-refractivity contribution is 7.89. The standard InChI is InChI=1S/C13H11N3O4S/c17-12-7-16(8-13(18)15-12)21(19,20)11-5-1-4-10-9(11)3-2-6-14-10/h1-6H,7-8H2,(H,15,17,18). The second-order valence-electron chi connectivity index (χ2n) is 4.57. The van der Waals surface area contributed by atoms with Crippen molar-refractivity contribution in [3.8, 4) is 0 Å². The molecule has 1 aromatic heterocycles. The van der Waals surface area contributed by atoms with Gasteiger partial charge in [-0.25, -0.2) is 8.42 Å². The first-order valence-corrected chi connectivity index (χ1v) is 7.59. The monoisotopic (exact) mass is 305 g/mol. The van der Waals surface area contributed by atoms with Gasteiger partial charge in [-0.05, 0) is 24.3 Å². The second kappa shape index (κ2) is 4.90. The Morgan fingerprint density at radius 3 is 2.48 bits per heavy atom. The molecule has 0 unspecified atom stereocenters. The predicted molar refractivity (Wildman–Crippen MR) is 73.7 cm³/mol. The second-order valence-corrected chi connectivity index (χ2v) is 6.48. The minimum atomic E-state index is -3.94. The van der Waals surface area contributed by atoms with E-state index >= 15 is 0 Å². The molecule has 1 aromatic carbocycles. The summed E-state index contributed by atoms with van der Waals surface area (Å²) in [5, 5.41) is 2.53. The van der Waals surface area contributed by atoms with Crippen LogP contribution >= 0.6 is 0 Å². The first-order valence-electron chi connectivity index (χ1n) is 6.15. The summed E-state index contributed by atoms with van der Waals surface area (Å²) in [5.74, 6) is -1.26. The van der Waals surface area contributed by atoms with Crippen LogP contribution in [0.25, 0.3) is 10.9 Å². The fourth-order valence-corrected chi connectivity index (χ4v) is 3.77. The average molecular weight is 305 g/mol. The smallest absolute Gasteiger partial charge is 0.244 e. The van der Waals surface area contributed by atoms with Crippen molar-refractivity contribution >= 4 is 32.7 Å². The lowest BCUT2D eigenvalue weighted by Gasteiger charge is -2.25. The van der Waals surface area contributed by atoms with Gasteiger partial charge in [-0.3, -0.25) is 19.9 Å². The number of nitrogens with zero attached hydrogens (tertiary/aromatic N) is 2. The molecule has 1 aliphatic heterocycles. The molecular formula is C13H11N3O4S. The molecule has 108 valence electrons. The first-order chi connectivity index (χ1) is 9.98. The quantitative estimate of drug-likeness (QED) is 0.780. The third-order valence-corrected chi connectivity index (χ3v) is 4.99. The fraction of sp³-hybridized carbons (Fsp3) is 0.154. The maximum Gasteiger partial charge on any atom is 0.244 e. The molecular weight excluding hydrogens is 294 g/mol. The van der Waals surface area contributed by atoms with Gasteiger partial charge < -0.3 is 0 Å². The highest BCUT2D eigenvalue weighted by atomic mass is 32.2. The summed E-state index contributed by atoms with van der Waals surface area (Å²) < 4.78 is 26.2. The van der Waals surface area contributed by atoms with E-state index in [0.29, 0.717) is 10.9 Å². The van der Waals surface area contributed by atoms with E-state index in [0.717, 1.165) is 4.31 Å². The Kier molecular flexibility index (Phi) is 3.19. The summed E-state index contributed by atoms with van der Waals surface area (Å²) in [7, 11) is -3.94. The van der Waals surface area contributed by atoms with Crippen LogP contribution in [0.15, 0.2) is 41.4 Å². The van der Waals surface area contributed by atoms with E-state index in [1.165, 1.54) is 6.07 Å². The summed E-state index contributed by atoms with van der Waals surface area (Å²) in [4.78, 5) is 26.9. The van der Waals surface area contributed by atoms with Crippen LogP contribution in [0.1, 0.15) is 0 Å². The van der Waals surface area contributed by atoms with E-state index in [-0.39, 0.29) is 18.0 Å². The minimum absolute atomic E-state index is 0.0376. The van der Waals surface area contributed by atoms with Gasteiger partial charge in [-0.15, -0.1) is 0 Å². The number of hydrogen-bond acceptors (Lipinski definition) is 5. The number of carbonyl (C=O) groups excluding carboxylic acids is 2. The van der Waals surface area contributed by atoms with Crippen molar-refractivity contribution < 1.29 is 18.0 Å². The van der Waals surface area contributed by atoms with E-state index in [4.69, 9.17) is 0 Å². The van der Waals surface area contributed by atoms with Gasteiger partial charge in [0, 0.05) is 11.6 Å². The van der Waals surface area contributed by atoms with Crippen molar-refractivity contribution in [3.63, 3.8) is 0 Å². The summed E-state index contributed by atoms with van der Waals surface area (Å²) in [6, 6.07) is 7.99. The van der Waals surface area contributed by atoms with Gasteiger partial charge in [-0.2, -0.15) is 4.31 Å². The molecule has 1 fully saturated rings. The molecule has 1 aliphatic rings. The molecule has 0 bridgehead atoms. The number of aromatic nitrogens is 1. The Bertz CT molecular complexity index is 826. The molecule has 1 saturated heterocycles. The Morgan fingerprint density at radius 2 is 1.76 bits per heavy atom. The molecule has 0 saturated carbocycles. The summed E-state index contributed by atoms with van der Waals surface area (Å²) >= 11 is 0. The van der Waals surface area contributed by atoms with Crippen LogP contribution in [0.5, 0.6) is 0 Å². The number of benzene rings is 1. The number of piperazine rings is 1. The minimum Gasteiger partial charge on any atom is -0.294 e. The number of imide groups is 1. The van der Waals surface area contributed by atoms with Crippen LogP contribution in [-0.4, -0.2) is 42.6 Å². The SMILES string of the molecule is O=C1CN(S(=O)(=O)c2cccc3ncccc23)CC(=O)N1. The maximum atomic E-state index is 12.7. The van der Waals surface area contributed by atoms with Crippen molar-refractivity contribution in [1.82, 2.24) is 14.6 Å². The molecule has 1 N–H and O–H groups in total. The van der Waals surface area contributed by atoms with Crippen molar-refractivity contribution in [1.29, 1.82) is 0 Å². The van der Waals surface area contributed by atoms with Crippen LogP contribution < -0.4 is 5.32 Å². The average Bonchev–Trinajstić information content (AvgIpc) is 2.45. The molecule has 2 heterocycles. The zero-order valence-electron chi connectivity index (χ0n) is 10.8. The third-order valence-electron chi connectivity index (χ3n) is 3.14. The number of amides is 2. The molecule has 3 rings (SSSR count). The lowest BCUT2D eigenvalue weighted by atomic mass is 10.2. The molecule has 0 atom stereocenters. The van der Waals surface area contributed by atoms with Crippen LogP contribution in [0.3, 0.4) is 0 Å². The molecule has 0 aliphatic carbocycles. The van der Waals surface area contributed by atoms with E-state index in [1.807, 2.05) is 0 Å². The Labute approximate surface area is 120 Å². The van der Waals surface area contributed by atoms with Crippen molar-refractivity contribution in [2.75, 3.05) is 13.1 Å². The zero-order valence-corrected chi connectivity index (χ0v) is 11.6. The highest BCUT2D eigenvalue weighted by Crippen LogP contribution is 2.24. The van der Waals surface area contributed by atoms with Gasteiger partial charge in [0.25, 0.3) is 0 Å². The molecule has 8 heteroatoms. The van der Waals surface area contributed by atoms with Gasteiger partial charge in [0.1, 0.15) is 0 Å². The Morgan fingerprint density at radius 1 is 1.05 bits per heavy atom. The number of carbonyl (C=O) groups is 2. The molecule has 21 heavy (non-hydrogen) atoms. The molecule has 2 amide bonds. The van der Waals surface area contributed by atoms with E-state index in [2.05, 4.69) is 10.3 Å². The third kappa shape index (κ3) is 2.39. The molecule has 2 aromatic rings. The number of rotatable bonds is 2. The summed E-state index contributed by atoms with van der Waals surface area (Å²) in [6.07, 6.45) is 1.57. The normalized spacial score (nSPS) is 17.0. The molecule has 0 radical (unpaired) electrons. The fourth-order valence-electron chi connectivity index (χ4n) is 2.22. The van der Waals surface area contributed by atoms with Gasteiger partial charge in [0.15, 0.2) is 0 Å². The lowest BCUT2D eigenvalue weighted by molar-refractivity contribution is -0.134. The van der Waals surface area contributed by atoms with Gasteiger partial charge >= 0.3 is 0 Å². The number of sulfonamides is 1. The van der Waals surface area contributed by atoms with Crippen molar-refractivity contribution in [2.24, 2.45) is 0 Å². The van der Waals surface area contributed by atoms with Gasteiger partial charge in [0.05, 0.1) is 23.5 Å². The van der Waals surface area contributed by atoms with Crippen LogP contribution in [0.2, 0.25) is 0 Å². The molecule has 7 nitrogen and oxygen atoms in total. The van der Waals surface area contributed by atoms with Crippen LogP contribution in [0, 0.1) is 0 Å². The summed E-state index contributed by atoms with van der Waals surface area (Å²) in [6.45, 7) is -0.741. The van der Waals surface area contributed by atoms with Gasteiger partial charge in [0.2, 0.25) is 21.8 Å². The predicted octanol–water partition coefficient (Wildman–Crippen LogP) is -0.118. The largest absolute Gasteiger partial charge is 0.294 e. The zero-order chi connectivity index (χ0) is 15.0. The van der Waals surface area contributed by atoms with Crippen molar-refractivity contribution in [2.45, 2.75) is 4.90 Å². The topological polar surface area (TPSA) is 96.4 Å². The maximum absolute atomic E-state index is 12.7. The molecule has 0 spiro atoms. The number of nitrogens with one attached hydrogen (secondary N) is 1. The van der Waals surface area contributed by atoms with E-state index in [1.54, 1.807) is 30.5 Å².